The summed E-state index contributed by atoms with van der Waals surface area (Å²) in [5.41, 5.74) is 1.39. The molecule has 0 aliphatic heterocycles. The van der Waals surface area contributed by atoms with Crippen LogP contribution in [0.4, 0.5) is 5.82 Å². The number of methoxy groups -OCH3 is 2. The summed E-state index contributed by atoms with van der Waals surface area (Å²) in [4.78, 5) is 16.6. The summed E-state index contributed by atoms with van der Waals surface area (Å²) in [5.74, 6) is 2.55. The number of nitrogens with zero attached hydrogens (tertiary/aromatic N) is 1. The smallest absolute Gasteiger partial charge is 0.253 e. The summed E-state index contributed by atoms with van der Waals surface area (Å²) in [6.45, 7) is 0.905. The Balaban J connectivity index is 1.54. The first kappa shape index (κ1) is 18.3. The van der Waals surface area contributed by atoms with Crippen molar-refractivity contribution in [3.05, 3.63) is 71.8 Å². The van der Waals surface area contributed by atoms with Crippen LogP contribution < -0.4 is 20.1 Å². The lowest BCUT2D eigenvalue weighted by molar-refractivity contribution is 0.0950. The third kappa shape index (κ3) is 4.78. The normalized spacial score (nSPS) is 10.3. The van der Waals surface area contributed by atoms with E-state index in [1.54, 1.807) is 38.7 Å². The van der Waals surface area contributed by atoms with Crippen molar-refractivity contribution in [2.75, 3.05) is 19.5 Å². The van der Waals surface area contributed by atoms with Crippen LogP contribution in [0, 0.1) is 0 Å². The van der Waals surface area contributed by atoms with Crippen molar-refractivity contribution in [2.24, 2.45) is 0 Å². The van der Waals surface area contributed by atoms with E-state index < -0.39 is 0 Å². The third-order valence-electron chi connectivity index (χ3n) is 3.95. The molecule has 0 bridgehead atoms. The van der Waals surface area contributed by atoms with E-state index in [9.17, 15) is 4.79 Å². The summed E-state index contributed by atoms with van der Waals surface area (Å²) >= 11 is 0. The van der Waals surface area contributed by atoms with E-state index >= 15 is 0 Å². The van der Waals surface area contributed by atoms with Crippen LogP contribution in [0.25, 0.3) is 0 Å². The van der Waals surface area contributed by atoms with Crippen LogP contribution >= 0.6 is 0 Å². The maximum absolute atomic E-state index is 12.3. The van der Waals surface area contributed by atoms with Crippen LogP contribution in [-0.4, -0.2) is 25.1 Å². The van der Waals surface area contributed by atoms with E-state index in [0.717, 1.165) is 11.3 Å². The molecular formula is C20H21N3O4. The summed E-state index contributed by atoms with van der Waals surface area (Å²) in [6.07, 6.45) is 3.16. The van der Waals surface area contributed by atoms with E-state index in [4.69, 9.17) is 13.9 Å². The average Bonchev–Trinajstić information content (AvgIpc) is 3.24. The van der Waals surface area contributed by atoms with Crippen LogP contribution in [0.15, 0.2) is 59.3 Å². The van der Waals surface area contributed by atoms with Gasteiger partial charge in [0, 0.05) is 12.7 Å². The number of amides is 1. The zero-order valence-corrected chi connectivity index (χ0v) is 15.2. The minimum Gasteiger partial charge on any atom is -0.493 e. The number of hydrogen-bond acceptors (Lipinski definition) is 6. The Morgan fingerprint density at radius 1 is 1.07 bits per heavy atom. The number of hydrogen-bond donors (Lipinski definition) is 2. The van der Waals surface area contributed by atoms with Gasteiger partial charge < -0.3 is 24.5 Å². The summed E-state index contributed by atoms with van der Waals surface area (Å²) < 4.78 is 15.7. The molecule has 0 saturated carbocycles. The fraction of sp³-hybridized carbons (Fsp3) is 0.200. The van der Waals surface area contributed by atoms with E-state index in [2.05, 4.69) is 15.6 Å². The zero-order valence-electron chi connectivity index (χ0n) is 15.2. The lowest BCUT2D eigenvalue weighted by atomic mass is 10.2. The van der Waals surface area contributed by atoms with Crippen molar-refractivity contribution in [2.45, 2.75) is 13.1 Å². The molecule has 3 aromatic rings. The van der Waals surface area contributed by atoms with Gasteiger partial charge in [0.1, 0.15) is 11.6 Å². The minimum absolute atomic E-state index is 0.199. The predicted molar refractivity (Wildman–Crippen MR) is 101 cm³/mol. The van der Waals surface area contributed by atoms with Crippen molar-refractivity contribution < 1.29 is 18.7 Å². The van der Waals surface area contributed by atoms with E-state index in [1.807, 2.05) is 24.3 Å². The molecule has 2 heterocycles. The van der Waals surface area contributed by atoms with E-state index in [0.29, 0.717) is 36.0 Å². The molecule has 3 rings (SSSR count). The second-order valence-corrected chi connectivity index (χ2v) is 5.74. The summed E-state index contributed by atoms with van der Waals surface area (Å²) in [7, 11) is 3.16. The van der Waals surface area contributed by atoms with Gasteiger partial charge >= 0.3 is 0 Å². The fourth-order valence-electron chi connectivity index (χ4n) is 2.50. The Hall–Kier alpha value is -3.48. The monoisotopic (exact) mass is 367 g/mol. The fourth-order valence-corrected chi connectivity index (χ4v) is 2.50. The molecule has 2 aromatic heterocycles. The molecule has 0 spiro atoms. The van der Waals surface area contributed by atoms with Gasteiger partial charge in [0.15, 0.2) is 11.5 Å². The van der Waals surface area contributed by atoms with Crippen molar-refractivity contribution in [1.82, 2.24) is 10.3 Å². The number of furan rings is 1. The SMILES string of the molecule is COc1ccc(CNC(=O)c2ccc(NCc3ccco3)nc2)cc1OC. The summed E-state index contributed by atoms with van der Waals surface area (Å²) in [5, 5.41) is 6.00. The van der Waals surface area contributed by atoms with Crippen LogP contribution in [0.3, 0.4) is 0 Å². The second kappa shape index (κ2) is 8.75. The molecule has 1 amide bonds. The molecule has 0 radical (unpaired) electrons. The van der Waals surface area contributed by atoms with Crippen LogP contribution in [0.5, 0.6) is 11.5 Å². The first-order valence-corrected chi connectivity index (χ1v) is 8.41. The molecule has 1 aromatic carbocycles. The van der Waals surface area contributed by atoms with Gasteiger partial charge in [0.2, 0.25) is 0 Å². The third-order valence-corrected chi connectivity index (χ3v) is 3.95. The van der Waals surface area contributed by atoms with Gasteiger partial charge in [-0.25, -0.2) is 4.98 Å². The van der Waals surface area contributed by atoms with Gasteiger partial charge in [-0.3, -0.25) is 4.79 Å². The highest BCUT2D eigenvalue weighted by Gasteiger charge is 2.08. The standard InChI is InChI=1S/C20H21N3O4/c1-25-17-7-5-14(10-18(17)26-2)11-23-20(24)15-6-8-19(21-12-15)22-13-16-4-3-9-27-16/h3-10,12H,11,13H2,1-2H3,(H,21,22)(H,23,24). The molecule has 0 unspecified atom stereocenters. The Morgan fingerprint density at radius 3 is 2.59 bits per heavy atom. The van der Waals surface area contributed by atoms with Crippen molar-refractivity contribution >= 4 is 11.7 Å². The van der Waals surface area contributed by atoms with Gasteiger partial charge in [-0.05, 0) is 42.0 Å². The molecule has 2 N–H and O–H groups in total. The molecule has 0 aliphatic carbocycles. The predicted octanol–water partition coefficient (Wildman–Crippen LogP) is 3.23. The van der Waals surface area contributed by atoms with Crippen molar-refractivity contribution in [3.63, 3.8) is 0 Å². The van der Waals surface area contributed by atoms with Crippen LogP contribution in [-0.2, 0) is 13.1 Å². The first-order chi connectivity index (χ1) is 13.2. The average molecular weight is 367 g/mol. The largest absolute Gasteiger partial charge is 0.493 e. The molecule has 0 atom stereocenters. The van der Waals surface area contributed by atoms with E-state index in [1.165, 1.54) is 6.20 Å². The van der Waals surface area contributed by atoms with Crippen molar-refractivity contribution in [3.8, 4) is 11.5 Å². The maximum Gasteiger partial charge on any atom is 0.253 e. The Morgan fingerprint density at radius 2 is 1.93 bits per heavy atom. The topological polar surface area (TPSA) is 85.6 Å². The maximum atomic E-state index is 12.3. The molecule has 0 saturated heterocycles. The molecule has 140 valence electrons. The first-order valence-electron chi connectivity index (χ1n) is 8.41. The molecule has 0 fully saturated rings. The number of anilines is 1. The lowest BCUT2D eigenvalue weighted by Gasteiger charge is -2.10. The Kier molecular flexibility index (Phi) is 5.94. The number of aromatic nitrogens is 1. The number of nitrogens with one attached hydrogen (secondary N) is 2. The lowest BCUT2D eigenvalue weighted by Crippen LogP contribution is -2.23. The number of ether oxygens (including phenoxy) is 2. The van der Waals surface area contributed by atoms with Crippen LogP contribution in [0.1, 0.15) is 21.7 Å². The van der Waals surface area contributed by atoms with Crippen molar-refractivity contribution in [1.29, 1.82) is 0 Å². The molecule has 7 heteroatoms. The number of carbonyl (C=O) groups excluding carboxylic acids is 1. The zero-order chi connectivity index (χ0) is 19.1. The second-order valence-electron chi connectivity index (χ2n) is 5.74. The molecular weight excluding hydrogens is 346 g/mol. The van der Waals surface area contributed by atoms with Gasteiger partial charge in [0.05, 0.1) is 32.6 Å². The van der Waals surface area contributed by atoms with Gasteiger partial charge in [-0.1, -0.05) is 6.07 Å². The Labute approximate surface area is 157 Å². The highest BCUT2D eigenvalue weighted by Crippen LogP contribution is 2.27. The van der Waals surface area contributed by atoms with E-state index in [-0.39, 0.29) is 5.91 Å². The highest BCUT2D eigenvalue weighted by molar-refractivity contribution is 5.94. The highest BCUT2D eigenvalue weighted by atomic mass is 16.5. The number of pyridine rings is 1. The number of carbonyl (C=O) groups is 1. The minimum atomic E-state index is -0.199. The molecule has 27 heavy (non-hydrogen) atoms. The molecule has 7 nitrogen and oxygen atoms in total. The quantitative estimate of drug-likeness (QED) is 0.636. The molecule has 0 aliphatic rings. The summed E-state index contributed by atoms with van der Waals surface area (Å²) in [6, 6.07) is 12.7. The van der Waals surface area contributed by atoms with Gasteiger partial charge in [0.25, 0.3) is 5.91 Å². The number of rotatable bonds is 8. The van der Waals surface area contributed by atoms with Gasteiger partial charge in [-0.2, -0.15) is 0 Å². The van der Waals surface area contributed by atoms with Gasteiger partial charge in [-0.15, -0.1) is 0 Å². The number of benzene rings is 1. The Bertz CT molecular complexity index is 877. The van der Waals surface area contributed by atoms with Crippen LogP contribution in [0.2, 0.25) is 0 Å².